The number of rotatable bonds is 7. The average molecular weight is 315 g/mol. The Morgan fingerprint density at radius 1 is 1.14 bits per heavy atom. The van der Waals surface area contributed by atoms with Gasteiger partial charge in [0.2, 0.25) is 0 Å². The summed E-state index contributed by atoms with van der Waals surface area (Å²) < 4.78 is 5.59. The van der Waals surface area contributed by atoms with Crippen molar-refractivity contribution in [1.29, 1.82) is 0 Å². The second-order valence-electron chi connectivity index (χ2n) is 5.03. The summed E-state index contributed by atoms with van der Waals surface area (Å²) in [6.07, 6.45) is -0.494. The highest BCUT2D eigenvalue weighted by Crippen LogP contribution is 2.17. The molecule has 0 aliphatic rings. The molecule has 0 unspecified atom stereocenters. The van der Waals surface area contributed by atoms with Crippen molar-refractivity contribution in [3.63, 3.8) is 0 Å². The fourth-order valence-corrected chi connectivity index (χ4v) is 2.65. The summed E-state index contributed by atoms with van der Waals surface area (Å²) in [5, 5.41) is 2.90. The first-order valence-electron chi connectivity index (χ1n) is 7.34. The Morgan fingerprint density at radius 2 is 1.82 bits per heavy atom. The monoisotopic (exact) mass is 315 g/mol. The van der Waals surface area contributed by atoms with Gasteiger partial charge in [0.25, 0.3) is 5.91 Å². The molecule has 0 aliphatic carbocycles. The van der Waals surface area contributed by atoms with Gasteiger partial charge in [-0.15, -0.1) is 11.8 Å². The van der Waals surface area contributed by atoms with Gasteiger partial charge in [0.1, 0.15) is 5.75 Å². The van der Waals surface area contributed by atoms with Crippen LogP contribution in [0, 0.1) is 6.92 Å². The molecule has 0 bridgehead atoms. The van der Waals surface area contributed by atoms with Gasteiger partial charge < -0.3 is 10.1 Å². The van der Waals surface area contributed by atoms with Gasteiger partial charge in [-0.3, -0.25) is 4.79 Å². The van der Waals surface area contributed by atoms with Gasteiger partial charge in [0.15, 0.2) is 6.10 Å². The van der Waals surface area contributed by atoms with Gasteiger partial charge in [-0.05, 0) is 38.1 Å². The summed E-state index contributed by atoms with van der Waals surface area (Å²) in [4.78, 5) is 13.2. The van der Waals surface area contributed by atoms with Crippen LogP contribution in [0.5, 0.6) is 5.75 Å². The lowest BCUT2D eigenvalue weighted by Gasteiger charge is -2.14. The molecule has 2 aromatic carbocycles. The standard InChI is InChI=1S/C18H21NO2S/c1-14-8-10-17(11-9-14)22-13-12-19-18(20)15(2)21-16-6-4-3-5-7-16/h3-11,15H,12-13H2,1-2H3,(H,19,20)/t15-/m1/s1. The van der Waals surface area contributed by atoms with Crippen LogP contribution in [0.4, 0.5) is 0 Å². The third-order valence-corrected chi connectivity index (χ3v) is 4.13. The van der Waals surface area contributed by atoms with E-state index >= 15 is 0 Å². The second kappa shape index (κ2) is 8.49. The molecular weight excluding hydrogens is 294 g/mol. The minimum Gasteiger partial charge on any atom is -0.481 e. The van der Waals surface area contributed by atoms with Crippen LogP contribution in [0.1, 0.15) is 12.5 Å². The van der Waals surface area contributed by atoms with Crippen LogP contribution in [0.3, 0.4) is 0 Å². The number of hydrogen-bond acceptors (Lipinski definition) is 3. The van der Waals surface area contributed by atoms with E-state index in [1.54, 1.807) is 18.7 Å². The summed E-state index contributed by atoms with van der Waals surface area (Å²) in [6.45, 7) is 4.46. The number of amides is 1. The lowest BCUT2D eigenvalue weighted by Crippen LogP contribution is -2.37. The van der Waals surface area contributed by atoms with E-state index in [4.69, 9.17) is 4.74 Å². The molecule has 116 valence electrons. The van der Waals surface area contributed by atoms with Crippen LogP contribution in [0.25, 0.3) is 0 Å². The third-order valence-electron chi connectivity index (χ3n) is 3.12. The van der Waals surface area contributed by atoms with Crippen LogP contribution in [-0.2, 0) is 4.79 Å². The topological polar surface area (TPSA) is 38.3 Å². The molecule has 2 aromatic rings. The Labute approximate surface area is 136 Å². The van der Waals surface area contributed by atoms with Crippen molar-refractivity contribution in [1.82, 2.24) is 5.32 Å². The number of thioether (sulfide) groups is 1. The van der Waals surface area contributed by atoms with Gasteiger partial charge in [0, 0.05) is 17.2 Å². The molecule has 0 aromatic heterocycles. The number of carbonyl (C=O) groups excluding carboxylic acids is 1. The molecule has 0 radical (unpaired) electrons. The first-order valence-corrected chi connectivity index (χ1v) is 8.32. The molecule has 22 heavy (non-hydrogen) atoms. The molecule has 4 heteroatoms. The maximum Gasteiger partial charge on any atom is 0.260 e. The number of ether oxygens (including phenoxy) is 1. The normalized spacial score (nSPS) is 11.7. The highest BCUT2D eigenvalue weighted by Gasteiger charge is 2.13. The summed E-state index contributed by atoms with van der Waals surface area (Å²) in [5.74, 6) is 1.46. The summed E-state index contributed by atoms with van der Waals surface area (Å²) in [5.41, 5.74) is 1.25. The maximum absolute atomic E-state index is 12.0. The molecule has 3 nitrogen and oxygen atoms in total. The Morgan fingerprint density at radius 3 is 2.50 bits per heavy atom. The quantitative estimate of drug-likeness (QED) is 0.626. The molecule has 0 saturated carbocycles. The van der Waals surface area contributed by atoms with Crippen molar-refractivity contribution in [3.8, 4) is 5.75 Å². The van der Waals surface area contributed by atoms with E-state index in [-0.39, 0.29) is 5.91 Å². The van der Waals surface area contributed by atoms with Crippen molar-refractivity contribution < 1.29 is 9.53 Å². The predicted octanol–water partition coefficient (Wildman–Crippen LogP) is 3.67. The van der Waals surface area contributed by atoms with Crippen LogP contribution in [-0.4, -0.2) is 24.3 Å². The second-order valence-corrected chi connectivity index (χ2v) is 6.19. The first kappa shape index (κ1) is 16.4. The number of hydrogen-bond donors (Lipinski definition) is 1. The van der Waals surface area contributed by atoms with E-state index in [1.807, 2.05) is 30.3 Å². The molecule has 0 saturated heterocycles. The lowest BCUT2D eigenvalue weighted by atomic mass is 10.2. The number of carbonyl (C=O) groups is 1. The van der Waals surface area contributed by atoms with E-state index in [0.29, 0.717) is 12.3 Å². The molecule has 0 aliphatic heterocycles. The number of para-hydroxylation sites is 1. The number of aryl methyl sites for hydroxylation is 1. The number of nitrogens with one attached hydrogen (secondary N) is 1. The van der Waals surface area contributed by atoms with Crippen LogP contribution in [0.2, 0.25) is 0 Å². The van der Waals surface area contributed by atoms with Gasteiger partial charge in [-0.25, -0.2) is 0 Å². The minimum absolute atomic E-state index is 0.0895. The molecule has 1 N–H and O–H groups in total. The van der Waals surface area contributed by atoms with E-state index in [0.717, 1.165) is 5.75 Å². The molecule has 0 spiro atoms. The first-order chi connectivity index (χ1) is 10.6. The van der Waals surface area contributed by atoms with Gasteiger partial charge >= 0.3 is 0 Å². The van der Waals surface area contributed by atoms with Crippen LogP contribution in [0.15, 0.2) is 59.5 Å². The zero-order valence-corrected chi connectivity index (χ0v) is 13.7. The lowest BCUT2D eigenvalue weighted by molar-refractivity contribution is -0.127. The van der Waals surface area contributed by atoms with Gasteiger partial charge in [-0.2, -0.15) is 0 Å². The fraction of sp³-hybridized carbons (Fsp3) is 0.278. The smallest absolute Gasteiger partial charge is 0.260 e. The zero-order chi connectivity index (χ0) is 15.8. The fourth-order valence-electron chi connectivity index (χ4n) is 1.88. The molecule has 0 heterocycles. The Kier molecular flexibility index (Phi) is 6.34. The summed E-state index contributed by atoms with van der Waals surface area (Å²) >= 11 is 1.73. The van der Waals surface area contributed by atoms with Gasteiger partial charge in [-0.1, -0.05) is 35.9 Å². The van der Waals surface area contributed by atoms with Crippen molar-refractivity contribution in [2.75, 3.05) is 12.3 Å². The number of benzene rings is 2. The predicted molar refractivity (Wildman–Crippen MR) is 91.4 cm³/mol. The SMILES string of the molecule is Cc1ccc(SCCNC(=O)[C@@H](C)Oc2ccccc2)cc1. The highest BCUT2D eigenvalue weighted by molar-refractivity contribution is 7.99. The largest absolute Gasteiger partial charge is 0.481 e. The van der Waals surface area contributed by atoms with E-state index in [9.17, 15) is 4.79 Å². The molecular formula is C18H21NO2S. The third kappa shape index (κ3) is 5.45. The van der Waals surface area contributed by atoms with Crippen molar-refractivity contribution in [3.05, 3.63) is 60.2 Å². The van der Waals surface area contributed by atoms with E-state index in [2.05, 4.69) is 36.5 Å². The highest BCUT2D eigenvalue weighted by atomic mass is 32.2. The zero-order valence-electron chi connectivity index (χ0n) is 12.9. The summed E-state index contributed by atoms with van der Waals surface area (Å²) in [6, 6.07) is 17.8. The average Bonchev–Trinajstić information content (AvgIpc) is 2.54. The van der Waals surface area contributed by atoms with Gasteiger partial charge in [0.05, 0.1) is 0 Å². The van der Waals surface area contributed by atoms with E-state index in [1.165, 1.54) is 10.5 Å². The Balaban J connectivity index is 1.67. The molecule has 2 rings (SSSR count). The minimum atomic E-state index is -0.494. The Bertz CT molecular complexity index is 584. The van der Waals surface area contributed by atoms with E-state index < -0.39 is 6.10 Å². The van der Waals surface area contributed by atoms with Crippen LogP contribution < -0.4 is 10.1 Å². The molecule has 0 fully saturated rings. The molecule has 1 atom stereocenters. The van der Waals surface area contributed by atoms with Crippen molar-refractivity contribution in [2.24, 2.45) is 0 Å². The van der Waals surface area contributed by atoms with Crippen molar-refractivity contribution >= 4 is 17.7 Å². The maximum atomic E-state index is 12.0. The Hall–Kier alpha value is -1.94. The summed E-state index contributed by atoms with van der Waals surface area (Å²) in [7, 11) is 0. The van der Waals surface area contributed by atoms with Crippen molar-refractivity contribution in [2.45, 2.75) is 24.8 Å². The molecule has 1 amide bonds. The van der Waals surface area contributed by atoms with Crippen LogP contribution >= 0.6 is 11.8 Å².